The first-order valence-electron chi connectivity index (χ1n) is 5.76. The smallest absolute Gasteiger partial charge is 0.258 e. The summed E-state index contributed by atoms with van der Waals surface area (Å²) in [5.41, 5.74) is 3.51. The molecule has 1 aromatic carbocycles. The normalized spacial score (nSPS) is 14.1. The van der Waals surface area contributed by atoms with Crippen LogP contribution in [-0.4, -0.2) is 17.7 Å². The van der Waals surface area contributed by atoms with Gasteiger partial charge in [-0.15, -0.1) is 0 Å². The number of hydrogen-bond acceptors (Lipinski definition) is 4. The average Bonchev–Trinajstić information content (AvgIpc) is 2.76. The minimum absolute atomic E-state index is 0.238. The van der Waals surface area contributed by atoms with Crippen molar-refractivity contribution in [3.63, 3.8) is 0 Å². The maximum absolute atomic E-state index is 11.5. The summed E-state index contributed by atoms with van der Waals surface area (Å²) >= 11 is 0. The third-order valence-corrected chi connectivity index (χ3v) is 2.81. The highest BCUT2D eigenvalue weighted by atomic mass is 16.2. The van der Waals surface area contributed by atoms with E-state index in [0.29, 0.717) is 18.5 Å². The lowest BCUT2D eigenvalue weighted by Gasteiger charge is -2.14. The van der Waals surface area contributed by atoms with Crippen LogP contribution >= 0.6 is 0 Å². The molecule has 1 heterocycles. The van der Waals surface area contributed by atoms with Gasteiger partial charge in [-0.25, -0.2) is 10.7 Å². The van der Waals surface area contributed by atoms with Crippen LogP contribution in [0.3, 0.4) is 0 Å². The highest BCUT2D eigenvalue weighted by Gasteiger charge is 2.24. The predicted molar refractivity (Wildman–Crippen MR) is 68.7 cm³/mol. The zero-order valence-corrected chi connectivity index (χ0v) is 10.1. The van der Waals surface area contributed by atoms with Crippen LogP contribution in [-0.2, 0) is 20.8 Å². The first-order chi connectivity index (χ1) is 9.11. The Morgan fingerprint density at radius 2 is 1.68 bits per heavy atom. The molecule has 0 spiro atoms. The first kappa shape index (κ1) is 13.0. The molecule has 3 N–H and O–H groups in total. The van der Waals surface area contributed by atoms with Gasteiger partial charge in [0.1, 0.15) is 0 Å². The summed E-state index contributed by atoms with van der Waals surface area (Å²) < 4.78 is 0. The molecule has 1 aliphatic rings. The van der Waals surface area contributed by atoms with Crippen molar-refractivity contribution in [3.8, 4) is 0 Å². The Morgan fingerprint density at radius 1 is 1.11 bits per heavy atom. The van der Waals surface area contributed by atoms with Gasteiger partial charge in [-0.1, -0.05) is 12.1 Å². The first-order valence-corrected chi connectivity index (χ1v) is 5.76. The predicted octanol–water partition coefficient (Wildman–Crippen LogP) is 0.0385. The maximum atomic E-state index is 11.5. The molecular weight excluding hydrogens is 246 g/mol. The van der Waals surface area contributed by atoms with Crippen molar-refractivity contribution in [2.24, 2.45) is 5.84 Å². The molecule has 98 valence electrons. The lowest BCUT2D eigenvalue weighted by Crippen LogP contribution is -2.30. The van der Waals surface area contributed by atoms with E-state index in [0.717, 1.165) is 10.5 Å². The number of anilines is 1. The third kappa shape index (κ3) is 2.86. The zero-order chi connectivity index (χ0) is 13.8. The second-order valence-electron chi connectivity index (χ2n) is 4.08. The lowest BCUT2D eigenvalue weighted by molar-refractivity contribution is -0.121. The molecule has 0 saturated carbocycles. The topological polar surface area (TPSA) is 92.5 Å². The summed E-state index contributed by atoms with van der Waals surface area (Å²) in [6.07, 6.45) is 3.31. The van der Waals surface area contributed by atoms with E-state index in [-0.39, 0.29) is 17.7 Å². The van der Waals surface area contributed by atoms with Crippen LogP contribution in [0, 0.1) is 0 Å². The van der Waals surface area contributed by atoms with E-state index in [9.17, 15) is 14.4 Å². The van der Waals surface area contributed by atoms with E-state index >= 15 is 0 Å². The molecule has 19 heavy (non-hydrogen) atoms. The largest absolute Gasteiger partial charge is 0.294 e. The molecule has 0 bridgehead atoms. The number of benzene rings is 1. The monoisotopic (exact) mass is 259 g/mol. The van der Waals surface area contributed by atoms with Gasteiger partial charge in [0.15, 0.2) is 0 Å². The molecule has 0 aliphatic carbocycles. The van der Waals surface area contributed by atoms with E-state index in [2.05, 4.69) is 5.43 Å². The summed E-state index contributed by atoms with van der Waals surface area (Å²) in [6, 6.07) is 6.91. The minimum atomic E-state index is -0.347. The molecule has 3 amide bonds. The summed E-state index contributed by atoms with van der Waals surface area (Å²) in [5, 5.41) is 0. The van der Waals surface area contributed by atoms with Gasteiger partial charge < -0.3 is 0 Å². The Hall–Kier alpha value is -2.47. The van der Waals surface area contributed by atoms with E-state index in [1.807, 2.05) is 0 Å². The number of rotatable bonds is 4. The Labute approximate surface area is 109 Å². The number of imide groups is 1. The SMILES string of the molecule is NNC(=O)CCc1ccc(N2C(=O)C=CC2=O)cc1. The van der Waals surface area contributed by atoms with Gasteiger partial charge in [0.2, 0.25) is 5.91 Å². The Bertz CT molecular complexity index is 531. The highest BCUT2D eigenvalue weighted by Crippen LogP contribution is 2.19. The van der Waals surface area contributed by atoms with Crippen molar-refractivity contribution < 1.29 is 14.4 Å². The average molecular weight is 259 g/mol. The number of amides is 3. The van der Waals surface area contributed by atoms with Crippen LogP contribution in [0.4, 0.5) is 5.69 Å². The van der Waals surface area contributed by atoms with Crippen molar-refractivity contribution >= 4 is 23.4 Å². The quantitative estimate of drug-likeness (QED) is 0.345. The van der Waals surface area contributed by atoms with Gasteiger partial charge in [-0.2, -0.15) is 0 Å². The molecule has 0 atom stereocenters. The number of nitrogens with two attached hydrogens (primary N) is 1. The number of aryl methyl sites for hydroxylation is 1. The van der Waals surface area contributed by atoms with Crippen molar-refractivity contribution in [1.29, 1.82) is 0 Å². The molecule has 0 fully saturated rings. The number of nitrogens with zero attached hydrogens (tertiary/aromatic N) is 1. The van der Waals surface area contributed by atoms with Crippen LogP contribution in [0.1, 0.15) is 12.0 Å². The van der Waals surface area contributed by atoms with Gasteiger partial charge in [0, 0.05) is 18.6 Å². The van der Waals surface area contributed by atoms with Gasteiger partial charge in [-0.3, -0.25) is 19.8 Å². The second-order valence-corrected chi connectivity index (χ2v) is 4.08. The second kappa shape index (κ2) is 5.45. The fourth-order valence-corrected chi connectivity index (χ4v) is 1.80. The lowest BCUT2D eigenvalue weighted by atomic mass is 10.1. The standard InChI is InChI=1S/C13H13N3O3/c14-15-11(17)6-3-9-1-4-10(5-2-9)16-12(18)7-8-13(16)19/h1-2,4-5,7-8H,3,6,14H2,(H,15,17). The van der Waals surface area contributed by atoms with E-state index in [1.165, 1.54) is 12.2 Å². The van der Waals surface area contributed by atoms with Crippen LogP contribution in [0.15, 0.2) is 36.4 Å². The Morgan fingerprint density at radius 3 is 2.21 bits per heavy atom. The van der Waals surface area contributed by atoms with Crippen LogP contribution in [0.5, 0.6) is 0 Å². The molecule has 0 unspecified atom stereocenters. The Balaban J connectivity index is 2.04. The molecule has 1 aromatic rings. The van der Waals surface area contributed by atoms with Crippen LogP contribution in [0.2, 0.25) is 0 Å². The van der Waals surface area contributed by atoms with Gasteiger partial charge in [0.25, 0.3) is 11.8 Å². The molecule has 0 saturated heterocycles. The molecule has 6 nitrogen and oxygen atoms in total. The van der Waals surface area contributed by atoms with Crippen molar-refractivity contribution in [2.45, 2.75) is 12.8 Å². The Kier molecular flexibility index (Phi) is 3.72. The fourth-order valence-electron chi connectivity index (χ4n) is 1.80. The number of nitrogens with one attached hydrogen (secondary N) is 1. The number of carbonyl (C=O) groups is 3. The number of hydrazine groups is 1. The van der Waals surface area contributed by atoms with E-state index < -0.39 is 0 Å². The number of carbonyl (C=O) groups excluding carboxylic acids is 3. The third-order valence-electron chi connectivity index (χ3n) is 2.81. The van der Waals surface area contributed by atoms with Crippen molar-refractivity contribution in [3.05, 3.63) is 42.0 Å². The van der Waals surface area contributed by atoms with Crippen LogP contribution < -0.4 is 16.2 Å². The zero-order valence-electron chi connectivity index (χ0n) is 10.1. The molecular formula is C13H13N3O3. The number of hydrogen-bond donors (Lipinski definition) is 2. The molecule has 0 radical (unpaired) electrons. The van der Waals surface area contributed by atoms with Gasteiger partial charge in [-0.05, 0) is 24.1 Å². The van der Waals surface area contributed by atoms with Crippen molar-refractivity contribution in [1.82, 2.24) is 5.43 Å². The maximum Gasteiger partial charge on any atom is 0.258 e. The molecule has 1 aliphatic heterocycles. The van der Waals surface area contributed by atoms with E-state index in [1.54, 1.807) is 24.3 Å². The molecule has 0 aromatic heterocycles. The summed E-state index contributed by atoms with van der Waals surface area (Å²) in [4.78, 5) is 35.0. The fraction of sp³-hybridized carbons (Fsp3) is 0.154. The summed E-state index contributed by atoms with van der Waals surface area (Å²) in [7, 11) is 0. The summed E-state index contributed by atoms with van der Waals surface area (Å²) in [6.45, 7) is 0. The van der Waals surface area contributed by atoms with Crippen molar-refractivity contribution in [2.75, 3.05) is 4.90 Å². The molecule has 2 rings (SSSR count). The van der Waals surface area contributed by atoms with Gasteiger partial charge in [0.05, 0.1) is 5.69 Å². The van der Waals surface area contributed by atoms with E-state index in [4.69, 9.17) is 5.84 Å². The van der Waals surface area contributed by atoms with Gasteiger partial charge >= 0.3 is 0 Å². The summed E-state index contributed by atoms with van der Waals surface area (Å²) in [5.74, 6) is 4.05. The minimum Gasteiger partial charge on any atom is -0.294 e. The van der Waals surface area contributed by atoms with Crippen LogP contribution in [0.25, 0.3) is 0 Å². The molecule has 6 heteroatoms. The highest BCUT2D eigenvalue weighted by molar-refractivity contribution is 6.28.